The molecule has 2 aromatic carbocycles. The molecule has 23 heavy (non-hydrogen) atoms. The van der Waals surface area contributed by atoms with Crippen LogP contribution in [-0.4, -0.2) is 17.3 Å². The van der Waals surface area contributed by atoms with Crippen molar-refractivity contribution in [3.8, 4) is 5.75 Å². The van der Waals surface area contributed by atoms with E-state index in [0.717, 1.165) is 0 Å². The summed E-state index contributed by atoms with van der Waals surface area (Å²) in [6, 6.07) is 10.1. The van der Waals surface area contributed by atoms with Crippen LogP contribution in [0.2, 0.25) is 5.02 Å². The smallest absolute Gasteiger partial charge is 0.241 e. The predicted octanol–water partition coefficient (Wildman–Crippen LogP) is 4.44. The number of halogens is 4. The van der Waals surface area contributed by atoms with Crippen molar-refractivity contribution in [3.63, 3.8) is 0 Å². The van der Waals surface area contributed by atoms with E-state index in [1.54, 1.807) is 0 Å². The summed E-state index contributed by atoms with van der Waals surface area (Å²) in [7, 11) is -3.94. The van der Waals surface area contributed by atoms with E-state index in [1.165, 1.54) is 48.5 Å². The molecule has 4 nitrogen and oxygen atoms in total. The molecule has 0 bridgehead atoms. The molecule has 2 N–H and O–H groups in total. The van der Waals surface area contributed by atoms with E-state index in [4.69, 9.17) is 46.4 Å². The van der Waals surface area contributed by atoms with E-state index >= 15 is 0 Å². The molecule has 2 rings (SSSR count). The fourth-order valence-corrected chi connectivity index (χ4v) is 3.94. The monoisotopic (exact) mass is 413 g/mol. The van der Waals surface area contributed by atoms with Gasteiger partial charge in [0.25, 0.3) is 0 Å². The van der Waals surface area contributed by atoms with Crippen molar-refractivity contribution in [2.24, 2.45) is 0 Å². The first-order valence-electron chi connectivity index (χ1n) is 6.23. The summed E-state index contributed by atoms with van der Waals surface area (Å²) in [5.41, 5.74) is 0.389. The summed E-state index contributed by atoms with van der Waals surface area (Å²) in [5.74, 6) is 0.0115. The van der Waals surface area contributed by atoms with Gasteiger partial charge in [-0.1, -0.05) is 58.5 Å². The lowest BCUT2D eigenvalue weighted by Crippen LogP contribution is -2.36. The Morgan fingerprint density at radius 1 is 0.957 bits per heavy atom. The van der Waals surface area contributed by atoms with Gasteiger partial charge in [0.1, 0.15) is 5.75 Å². The highest BCUT2D eigenvalue weighted by molar-refractivity contribution is 7.89. The molecule has 0 heterocycles. The van der Waals surface area contributed by atoms with Gasteiger partial charge in [0.05, 0.1) is 10.9 Å². The van der Waals surface area contributed by atoms with Crippen LogP contribution in [0.25, 0.3) is 0 Å². The maximum atomic E-state index is 12.5. The standard InChI is InChI=1S/C14H11Cl4NO3S/c15-10-3-7-12(8-4-10)23(21,22)19-13(14(16,17)18)9-1-5-11(20)6-2-9/h1-8,13,19-20H/t13-/m0/s1. The number of rotatable bonds is 4. The van der Waals surface area contributed by atoms with Crippen molar-refractivity contribution < 1.29 is 13.5 Å². The summed E-state index contributed by atoms with van der Waals surface area (Å²) in [5, 5.41) is 9.73. The third-order valence-corrected chi connectivity index (χ3v) is 5.30. The summed E-state index contributed by atoms with van der Waals surface area (Å²) >= 11 is 23.5. The highest BCUT2D eigenvalue weighted by Gasteiger charge is 2.37. The molecule has 0 radical (unpaired) electrons. The molecule has 0 saturated heterocycles. The first kappa shape index (κ1) is 18.6. The normalized spacial score (nSPS) is 13.7. The molecule has 0 saturated carbocycles. The highest BCUT2D eigenvalue weighted by atomic mass is 35.6. The summed E-state index contributed by atoms with van der Waals surface area (Å²) < 4.78 is 25.3. The van der Waals surface area contributed by atoms with Gasteiger partial charge in [-0.05, 0) is 42.0 Å². The number of sulfonamides is 1. The molecule has 0 unspecified atom stereocenters. The number of hydrogen-bond acceptors (Lipinski definition) is 3. The first-order chi connectivity index (χ1) is 10.6. The average Bonchev–Trinajstić information content (AvgIpc) is 2.45. The van der Waals surface area contributed by atoms with Gasteiger partial charge in [-0.3, -0.25) is 0 Å². The van der Waals surface area contributed by atoms with Crippen LogP contribution in [0.15, 0.2) is 53.4 Å². The summed E-state index contributed by atoms with van der Waals surface area (Å²) in [6.07, 6.45) is 0. The Bertz CT molecular complexity index is 771. The molecule has 1 atom stereocenters. The van der Waals surface area contributed by atoms with Crippen molar-refractivity contribution in [2.75, 3.05) is 0 Å². The van der Waals surface area contributed by atoms with Crippen LogP contribution >= 0.6 is 46.4 Å². The first-order valence-corrected chi connectivity index (χ1v) is 9.22. The van der Waals surface area contributed by atoms with Crippen molar-refractivity contribution in [1.82, 2.24) is 4.72 Å². The number of benzene rings is 2. The number of alkyl halides is 3. The molecule has 0 aliphatic heterocycles. The van der Waals surface area contributed by atoms with Crippen molar-refractivity contribution in [1.29, 1.82) is 0 Å². The Morgan fingerprint density at radius 3 is 1.96 bits per heavy atom. The van der Waals surface area contributed by atoms with Crippen LogP contribution in [0, 0.1) is 0 Å². The Hall–Kier alpha value is -0.690. The maximum Gasteiger partial charge on any atom is 0.241 e. The zero-order valence-electron chi connectivity index (χ0n) is 11.4. The zero-order chi connectivity index (χ0) is 17.3. The maximum absolute atomic E-state index is 12.5. The van der Waals surface area contributed by atoms with E-state index < -0.39 is 19.9 Å². The molecular weight excluding hydrogens is 404 g/mol. The molecule has 0 spiro atoms. The number of aromatic hydroxyl groups is 1. The molecular formula is C14H11Cl4NO3S. The Morgan fingerprint density at radius 2 is 1.48 bits per heavy atom. The fraction of sp³-hybridized carbons (Fsp3) is 0.143. The van der Waals surface area contributed by atoms with Crippen molar-refractivity contribution >= 4 is 56.4 Å². The molecule has 0 fully saturated rings. The number of nitrogens with one attached hydrogen (secondary N) is 1. The average molecular weight is 415 g/mol. The SMILES string of the molecule is O=S(=O)(N[C@@H](c1ccc(O)cc1)C(Cl)(Cl)Cl)c1ccc(Cl)cc1. The van der Waals surface area contributed by atoms with Gasteiger partial charge in [0.2, 0.25) is 13.8 Å². The van der Waals surface area contributed by atoms with E-state index in [2.05, 4.69) is 4.72 Å². The summed E-state index contributed by atoms with van der Waals surface area (Å²) in [6.45, 7) is 0. The second-order valence-electron chi connectivity index (χ2n) is 4.64. The highest BCUT2D eigenvalue weighted by Crippen LogP contribution is 2.41. The van der Waals surface area contributed by atoms with Crippen LogP contribution in [0.3, 0.4) is 0 Å². The van der Waals surface area contributed by atoms with Gasteiger partial charge in [-0.15, -0.1) is 0 Å². The van der Waals surface area contributed by atoms with Gasteiger partial charge in [0, 0.05) is 5.02 Å². The van der Waals surface area contributed by atoms with Crippen LogP contribution in [-0.2, 0) is 10.0 Å². The Labute approximate surface area is 154 Å². The van der Waals surface area contributed by atoms with E-state index in [9.17, 15) is 13.5 Å². The second kappa shape index (κ2) is 7.05. The molecule has 0 amide bonds. The van der Waals surface area contributed by atoms with Crippen LogP contribution < -0.4 is 4.72 Å². The van der Waals surface area contributed by atoms with Gasteiger partial charge < -0.3 is 5.11 Å². The zero-order valence-corrected chi connectivity index (χ0v) is 15.2. The number of phenolic OH excluding ortho intramolecular Hbond substituents is 1. The molecule has 9 heteroatoms. The number of hydrogen-bond donors (Lipinski definition) is 2. The largest absolute Gasteiger partial charge is 0.508 e. The van der Waals surface area contributed by atoms with E-state index in [0.29, 0.717) is 10.6 Å². The minimum Gasteiger partial charge on any atom is -0.508 e. The molecule has 124 valence electrons. The molecule has 0 aliphatic rings. The lowest BCUT2D eigenvalue weighted by Gasteiger charge is -2.25. The van der Waals surface area contributed by atoms with Crippen LogP contribution in [0.1, 0.15) is 11.6 Å². The predicted molar refractivity (Wildman–Crippen MR) is 92.9 cm³/mol. The van der Waals surface area contributed by atoms with Crippen LogP contribution in [0.5, 0.6) is 5.75 Å². The van der Waals surface area contributed by atoms with Gasteiger partial charge in [0.15, 0.2) is 0 Å². The lowest BCUT2D eigenvalue weighted by atomic mass is 10.1. The number of phenols is 1. The molecule has 2 aromatic rings. The quantitative estimate of drug-likeness (QED) is 0.727. The van der Waals surface area contributed by atoms with E-state index in [-0.39, 0.29) is 10.6 Å². The van der Waals surface area contributed by atoms with Gasteiger partial charge >= 0.3 is 0 Å². The summed E-state index contributed by atoms with van der Waals surface area (Å²) in [4.78, 5) is -0.0140. The van der Waals surface area contributed by atoms with Crippen molar-refractivity contribution in [2.45, 2.75) is 14.7 Å². The fourth-order valence-electron chi connectivity index (χ4n) is 1.83. The van der Waals surface area contributed by atoms with E-state index in [1.807, 2.05) is 0 Å². The van der Waals surface area contributed by atoms with Gasteiger partial charge in [-0.2, -0.15) is 4.72 Å². The third kappa shape index (κ3) is 4.89. The second-order valence-corrected chi connectivity index (χ2v) is 9.16. The topological polar surface area (TPSA) is 66.4 Å². The Balaban J connectivity index is 2.38. The van der Waals surface area contributed by atoms with Crippen LogP contribution in [0.4, 0.5) is 0 Å². The van der Waals surface area contributed by atoms with Crippen molar-refractivity contribution in [3.05, 3.63) is 59.1 Å². The third-order valence-electron chi connectivity index (χ3n) is 2.95. The molecule has 0 aliphatic carbocycles. The minimum absolute atomic E-state index is 0.0115. The van der Waals surface area contributed by atoms with Gasteiger partial charge in [-0.25, -0.2) is 8.42 Å². The Kier molecular flexibility index (Phi) is 5.72. The minimum atomic E-state index is -3.94. The lowest BCUT2D eigenvalue weighted by molar-refractivity contribution is 0.474. The molecule has 0 aromatic heterocycles.